The fourth-order valence-corrected chi connectivity index (χ4v) is 6.47. The van der Waals surface area contributed by atoms with Crippen LogP contribution in [0.1, 0.15) is 62.2 Å². The van der Waals surface area contributed by atoms with E-state index < -0.39 is 11.2 Å². The second-order valence-electron chi connectivity index (χ2n) is 10.7. The lowest BCUT2D eigenvalue weighted by atomic mass is 9.66. The fraction of sp³-hybridized carbons (Fsp3) is 0.429. The number of carbonyl (C=O) groups is 1. The van der Waals surface area contributed by atoms with Gasteiger partial charge in [0.2, 0.25) is 0 Å². The Morgan fingerprint density at radius 3 is 2.51 bits per heavy atom. The molecule has 2 heterocycles. The Hall–Kier alpha value is -3.30. The summed E-state index contributed by atoms with van der Waals surface area (Å²) in [6, 6.07) is 7.25. The number of hydrogen-bond donors (Lipinski definition) is 2. The van der Waals surface area contributed by atoms with Gasteiger partial charge in [-0.2, -0.15) is 9.78 Å². The zero-order valence-electron chi connectivity index (χ0n) is 21.6. The summed E-state index contributed by atoms with van der Waals surface area (Å²) in [6.45, 7) is 3.60. The van der Waals surface area contributed by atoms with Gasteiger partial charge in [-0.05, 0) is 67.3 Å². The Bertz CT molecular complexity index is 1490. The van der Waals surface area contributed by atoms with E-state index in [1.165, 1.54) is 62.4 Å². The molecular formula is C28H30Cl2N4O5. The van der Waals surface area contributed by atoms with Crippen LogP contribution < -0.4 is 16.0 Å². The molecule has 9 nitrogen and oxygen atoms in total. The van der Waals surface area contributed by atoms with Gasteiger partial charge in [0.25, 0.3) is 11.5 Å². The van der Waals surface area contributed by atoms with Crippen LogP contribution in [0.4, 0.5) is 0 Å². The zero-order chi connectivity index (χ0) is 27.7. The summed E-state index contributed by atoms with van der Waals surface area (Å²) in [5.41, 5.74) is -0.931. The van der Waals surface area contributed by atoms with Gasteiger partial charge in [-0.1, -0.05) is 49.4 Å². The van der Waals surface area contributed by atoms with E-state index in [2.05, 4.69) is 17.0 Å². The van der Waals surface area contributed by atoms with Crippen molar-refractivity contribution in [3.05, 3.63) is 73.0 Å². The highest BCUT2D eigenvalue weighted by Crippen LogP contribution is 2.45. The van der Waals surface area contributed by atoms with Crippen molar-refractivity contribution < 1.29 is 14.6 Å². The number of rotatable bonds is 5. The molecule has 39 heavy (non-hydrogen) atoms. The molecule has 2 fully saturated rings. The number of piperidine rings is 1. The van der Waals surface area contributed by atoms with E-state index in [0.29, 0.717) is 19.0 Å². The Balaban J connectivity index is 1.37. The van der Waals surface area contributed by atoms with Gasteiger partial charge in [0.1, 0.15) is 17.7 Å². The number of ether oxygens (including phenoxy) is 1. The zero-order valence-corrected chi connectivity index (χ0v) is 23.1. The smallest absolute Gasteiger partial charge is 0.349 e. The van der Waals surface area contributed by atoms with Gasteiger partial charge >= 0.3 is 5.69 Å². The summed E-state index contributed by atoms with van der Waals surface area (Å²) in [4.78, 5) is 41.0. The molecule has 1 amide bonds. The minimum absolute atomic E-state index is 0.0729. The van der Waals surface area contributed by atoms with Crippen molar-refractivity contribution in [3.63, 3.8) is 0 Å². The van der Waals surface area contributed by atoms with Crippen molar-refractivity contribution in [2.45, 2.75) is 51.9 Å². The summed E-state index contributed by atoms with van der Waals surface area (Å²) < 4.78 is 6.88. The molecule has 0 radical (unpaired) electrons. The number of halogens is 2. The molecule has 1 unspecified atom stereocenters. The predicted octanol–water partition coefficient (Wildman–Crippen LogP) is 5.55. The van der Waals surface area contributed by atoms with Crippen LogP contribution in [0, 0.1) is 11.3 Å². The minimum Gasteiger partial charge on any atom is -0.507 e. The minimum atomic E-state index is -0.748. The third kappa shape index (κ3) is 5.70. The predicted molar refractivity (Wildman–Crippen MR) is 148 cm³/mol. The van der Waals surface area contributed by atoms with Crippen molar-refractivity contribution >= 4 is 29.1 Å². The van der Waals surface area contributed by atoms with Gasteiger partial charge in [-0.15, -0.1) is 0 Å². The number of phenols is 1. The van der Waals surface area contributed by atoms with Crippen LogP contribution in [0.25, 0.3) is 5.69 Å². The van der Waals surface area contributed by atoms with E-state index >= 15 is 0 Å². The molecule has 1 atom stereocenters. The number of H-pyrrole nitrogens is 1. The number of nitrogens with one attached hydrogen (secondary N) is 1. The van der Waals surface area contributed by atoms with Crippen LogP contribution in [0.3, 0.4) is 0 Å². The van der Waals surface area contributed by atoms with Gasteiger partial charge in [-0.3, -0.25) is 14.6 Å². The number of aromatic hydroxyl groups is 1. The number of carbonyl (C=O) groups excluding carboxylic acids is 1. The molecule has 0 spiro atoms. The van der Waals surface area contributed by atoms with Gasteiger partial charge < -0.3 is 14.7 Å². The number of nitrogens with zero attached hydrogens (tertiary/aromatic N) is 3. The van der Waals surface area contributed by atoms with E-state index in [-0.39, 0.29) is 49.9 Å². The lowest BCUT2D eigenvalue weighted by molar-refractivity contribution is 0.0267. The van der Waals surface area contributed by atoms with Crippen molar-refractivity contribution in [1.29, 1.82) is 0 Å². The topological polar surface area (TPSA) is 118 Å². The van der Waals surface area contributed by atoms with Crippen molar-refractivity contribution in [3.8, 4) is 22.9 Å². The largest absolute Gasteiger partial charge is 0.507 e. The number of aromatic amines is 1. The molecule has 3 aromatic rings. The normalized spacial score (nSPS) is 20.1. The highest BCUT2D eigenvalue weighted by atomic mass is 35.5. The molecule has 0 bridgehead atoms. The maximum Gasteiger partial charge on any atom is 0.349 e. The average molecular weight is 573 g/mol. The maximum atomic E-state index is 13.6. The Morgan fingerprint density at radius 1 is 1.10 bits per heavy atom. The van der Waals surface area contributed by atoms with Crippen molar-refractivity contribution in [1.82, 2.24) is 19.7 Å². The summed E-state index contributed by atoms with van der Waals surface area (Å²) in [6.07, 6.45) is 9.19. The number of likely N-dealkylation sites (tertiary alicyclic amines) is 1. The molecule has 2 aromatic carbocycles. The number of phenolic OH excluding ortho intramolecular Hbond substituents is 1. The number of aromatic nitrogens is 3. The monoisotopic (exact) mass is 572 g/mol. The SMILES string of the molecule is CC1(C2CCCCC2)CCCN(C(=O)c2cc(Oc3c(Cl)cc(-n4ncc(=O)[nH]c4=O)cc3Cl)ccc2O)C1. The standard InChI is InChI=1S/C28H30Cl2N4O5/c1-28(17-6-3-2-4-7-17)10-5-11-33(16-28)26(37)20-14-19(8-9-23(20)35)39-25-21(29)12-18(13-22(25)30)34-27(38)32-24(36)15-31-34/h8-9,12-15,17,35H,2-7,10-11,16H2,1H3,(H,32,36,38). The van der Waals surface area contributed by atoms with Gasteiger partial charge in [0.05, 0.1) is 21.3 Å². The van der Waals surface area contributed by atoms with Crippen molar-refractivity contribution in [2.75, 3.05) is 13.1 Å². The van der Waals surface area contributed by atoms with Crippen LogP contribution in [0.15, 0.2) is 46.1 Å². The molecule has 1 saturated heterocycles. The molecule has 2 N–H and O–H groups in total. The molecule has 2 aliphatic rings. The first-order chi connectivity index (χ1) is 18.6. The Kier molecular flexibility index (Phi) is 7.73. The lowest BCUT2D eigenvalue weighted by Crippen LogP contribution is -2.48. The highest BCUT2D eigenvalue weighted by molar-refractivity contribution is 6.37. The maximum absolute atomic E-state index is 13.6. The van der Waals surface area contributed by atoms with Crippen LogP contribution >= 0.6 is 23.2 Å². The van der Waals surface area contributed by atoms with Crippen LogP contribution in [0.2, 0.25) is 10.0 Å². The second kappa shape index (κ2) is 11.1. The van der Waals surface area contributed by atoms with Gasteiger partial charge in [0, 0.05) is 13.1 Å². The van der Waals surface area contributed by atoms with E-state index in [0.717, 1.165) is 23.7 Å². The molecule has 1 aliphatic heterocycles. The first-order valence-electron chi connectivity index (χ1n) is 13.1. The summed E-state index contributed by atoms with van der Waals surface area (Å²) in [5.74, 6) is 0.606. The Morgan fingerprint density at radius 2 is 1.82 bits per heavy atom. The van der Waals surface area contributed by atoms with Gasteiger partial charge in [-0.25, -0.2) is 4.79 Å². The second-order valence-corrected chi connectivity index (χ2v) is 11.5. The molecule has 5 rings (SSSR count). The average Bonchev–Trinajstić information content (AvgIpc) is 2.91. The highest BCUT2D eigenvalue weighted by Gasteiger charge is 2.40. The summed E-state index contributed by atoms with van der Waals surface area (Å²) in [7, 11) is 0. The van der Waals surface area contributed by atoms with E-state index in [1.807, 2.05) is 4.90 Å². The quantitative estimate of drug-likeness (QED) is 0.414. The Labute approximate surface area is 235 Å². The lowest BCUT2D eigenvalue weighted by Gasteiger charge is -2.46. The number of amides is 1. The fourth-order valence-electron chi connectivity index (χ4n) is 5.92. The number of benzene rings is 2. The molecule has 1 aliphatic carbocycles. The third-order valence-electron chi connectivity index (χ3n) is 7.96. The molecule has 1 aromatic heterocycles. The van der Waals surface area contributed by atoms with E-state index in [4.69, 9.17) is 27.9 Å². The first-order valence-corrected chi connectivity index (χ1v) is 13.9. The van der Waals surface area contributed by atoms with Crippen LogP contribution in [-0.2, 0) is 0 Å². The third-order valence-corrected chi connectivity index (χ3v) is 8.53. The molecule has 1 saturated carbocycles. The molecule has 206 valence electrons. The number of hydrogen-bond acceptors (Lipinski definition) is 6. The molecular weight excluding hydrogens is 543 g/mol. The van der Waals surface area contributed by atoms with E-state index in [1.54, 1.807) is 0 Å². The van der Waals surface area contributed by atoms with E-state index in [9.17, 15) is 19.5 Å². The summed E-state index contributed by atoms with van der Waals surface area (Å²) >= 11 is 12.9. The first kappa shape index (κ1) is 27.3. The molecule has 11 heteroatoms. The van der Waals surface area contributed by atoms with Crippen molar-refractivity contribution in [2.24, 2.45) is 11.3 Å². The van der Waals surface area contributed by atoms with Crippen LogP contribution in [0.5, 0.6) is 17.2 Å². The van der Waals surface area contributed by atoms with Crippen LogP contribution in [-0.4, -0.2) is 43.8 Å². The summed E-state index contributed by atoms with van der Waals surface area (Å²) in [5, 5.41) is 14.5. The van der Waals surface area contributed by atoms with Gasteiger partial charge in [0.15, 0.2) is 5.75 Å².